The fraction of sp³-hybridized carbons (Fsp3) is 0.562. The van der Waals surface area contributed by atoms with Crippen LogP contribution in [0.25, 0.3) is 0 Å². The van der Waals surface area contributed by atoms with Crippen LogP contribution in [0.15, 0.2) is 12.1 Å². The maximum absolute atomic E-state index is 11.8. The third-order valence-corrected chi connectivity index (χ3v) is 4.84. The summed E-state index contributed by atoms with van der Waals surface area (Å²) in [5, 5.41) is 20.0. The quantitative estimate of drug-likeness (QED) is 0.858. The van der Waals surface area contributed by atoms with Crippen LogP contribution in [-0.2, 0) is 23.1 Å². The first-order valence-electron chi connectivity index (χ1n) is 7.22. The molecule has 0 amide bonds. The third-order valence-electron chi connectivity index (χ3n) is 4.84. The van der Waals surface area contributed by atoms with Gasteiger partial charge in [0.05, 0.1) is 5.41 Å². The second kappa shape index (κ2) is 4.55. The Bertz CT molecular complexity index is 513. The smallest absolute Gasteiger partial charge is 0.314 e. The molecule has 2 aliphatic carbocycles. The van der Waals surface area contributed by atoms with E-state index in [9.17, 15) is 15.0 Å². The van der Waals surface area contributed by atoms with E-state index in [1.165, 1.54) is 11.1 Å². The van der Waals surface area contributed by atoms with Crippen molar-refractivity contribution in [3.63, 3.8) is 0 Å². The number of phenolic OH excluding ortho intramolecular Hbond substituents is 1. The van der Waals surface area contributed by atoms with Crippen LogP contribution < -0.4 is 0 Å². The Hall–Kier alpha value is -1.51. The van der Waals surface area contributed by atoms with Gasteiger partial charge < -0.3 is 10.2 Å². The Labute approximate surface area is 113 Å². The minimum Gasteiger partial charge on any atom is -0.508 e. The first-order chi connectivity index (χ1) is 9.13. The highest BCUT2D eigenvalue weighted by molar-refractivity contribution is 5.83. The summed E-state index contributed by atoms with van der Waals surface area (Å²) in [7, 11) is 0. The summed E-state index contributed by atoms with van der Waals surface area (Å²) < 4.78 is 0. The largest absolute Gasteiger partial charge is 0.508 e. The molecule has 3 heteroatoms. The fourth-order valence-electron chi connectivity index (χ4n) is 3.75. The Morgan fingerprint density at radius 2 is 1.63 bits per heavy atom. The Balaban J connectivity index is 2.10. The third kappa shape index (κ3) is 1.92. The zero-order valence-corrected chi connectivity index (χ0v) is 11.1. The van der Waals surface area contributed by atoms with Crippen molar-refractivity contribution in [1.29, 1.82) is 0 Å². The van der Waals surface area contributed by atoms with Crippen molar-refractivity contribution in [3.05, 3.63) is 28.8 Å². The maximum atomic E-state index is 11.8. The Morgan fingerprint density at radius 3 is 2.26 bits per heavy atom. The van der Waals surface area contributed by atoms with Crippen LogP contribution in [0.5, 0.6) is 5.75 Å². The molecule has 0 unspecified atom stereocenters. The number of aromatic hydroxyl groups is 1. The van der Waals surface area contributed by atoms with Crippen LogP contribution in [0.3, 0.4) is 0 Å². The molecule has 0 radical (unpaired) electrons. The summed E-state index contributed by atoms with van der Waals surface area (Å²) in [5.74, 6) is -0.592. The molecular weight excluding hydrogens is 240 g/mol. The standard InChI is InChI=1S/C16H20O3/c17-14-10-12-6-4-5-11(12)9-13(14)16(15(18)19)7-2-1-3-8-16/h9-10,17H,1-8H2,(H,18,19). The summed E-state index contributed by atoms with van der Waals surface area (Å²) >= 11 is 0. The molecule has 0 spiro atoms. The normalized spacial score (nSPS) is 21.1. The fourth-order valence-corrected chi connectivity index (χ4v) is 3.75. The second-order valence-corrected chi connectivity index (χ2v) is 5.94. The van der Waals surface area contributed by atoms with E-state index in [1.54, 1.807) is 6.07 Å². The molecule has 0 saturated heterocycles. The molecule has 3 nitrogen and oxygen atoms in total. The number of carbonyl (C=O) groups is 1. The molecule has 3 rings (SSSR count). The number of fused-ring (bicyclic) bond motifs is 1. The molecule has 1 aromatic carbocycles. The molecule has 0 atom stereocenters. The monoisotopic (exact) mass is 260 g/mol. The van der Waals surface area contributed by atoms with Crippen LogP contribution in [0, 0.1) is 0 Å². The molecule has 2 aliphatic rings. The molecule has 0 heterocycles. The number of hydrogen-bond donors (Lipinski definition) is 2. The first kappa shape index (κ1) is 12.5. The topological polar surface area (TPSA) is 57.5 Å². The minimum absolute atomic E-state index is 0.185. The van der Waals surface area contributed by atoms with Gasteiger partial charge in [-0.2, -0.15) is 0 Å². The van der Waals surface area contributed by atoms with Crippen LogP contribution >= 0.6 is 0 Å². The van der Waals surface area contributed by atoms with Gasteiger partial charge in [0.15, 0.2) is 0 Å². The number of benzene rings is 1. The predicted molar refractivity (Wildman–Crippen MR) is 72.5 cm³/mol. The minimum atomic E-state index is -0.861. The lowest BCUT2D eigenvalue weighted by atomic mass is 9.68. The van der Waals surface area contributed by atoms with Gasteiger partial charge in [0, 0.05) is 5.56 Å². The van der Waals surface area contributed by atoms with Gasteiger partial charge in [-0.15, -0.1) is 0 Å². The van der Waals surface area contributed by atoms with E-state index in [2.05, 4.69) is 0 Å². The van der Waals surface area contributed by atoms with Crippen LogP contribution in [0.1, 0.15) is 55.2 Å². The number of carboxylic acid groups (broad SMARTS) is 1. The van der Waals surface area contributed by atoms with E-state index in [0.717, 1.165) is 38.5 Å². The average Bonchev–Trinajstić information content (AvgIpc) is 2.85. The van der Waals surface area contributed by atoms with Gasteiger partial charge in [-0.25, -0.2) is 0 Å². The zero-order valence-electron chi connectivity index (χ0n) is 11.1. The van der Waals surface area contributed by atoms with Crippen molar-refractivity contribution in [2.24, 2.45) is 0 Å². The highest BCUT2D eigenvalue weighted by Gasteiger charge is 2.43. The molecule has 1 aromatic rings. The summed E-state index contributed by atoms with van der Waals surface area (Å²) in [6.45, 7) is 0. The Morgan fingerprint density at radius 1 is 1.00 bits per heavy atom. The highest BCUT2D eigenvalue weighted by Crippen LogP contribution is 2.45. The summed E-state index contributed by atoms with van der Waals surface area (Å²) in [6.07, 6.45) is 7.38. The van der Waals surface area contributed by atoms with E-state index in [0.29, 0.717) is 18.4 Å². The van der Waals surface area contributed by atoms with Crippen molar-refractivity contribution in [3.8, 4) is 5.75 Å². The molecule has 1 saturated carbocycles. The van der Waals surface area contributed by atoms with E-state index < -0.39 is 11.4 Å². The van der Waals surface area contributed by atoms with Crippen molar-refractivity contribution in [2.75, 3.05) is 0 Å². The van der Waals surface area contributed by atoms with Gasteiger partial charge in [0.2, 0.25) is 0 Å². The number of aryl methyl sites for hydroxylation is 2. The number of rotatable bonds is 2. The van der Waals surface area contributed by atoms with Crippen molar-refractivity contribution in [1.82, 2.24) is 0 Å². The SMILES string of the molecule is O=C(O)C1(c2cc3c(cc2O)CCC3)CCCCC1. The van der Waals surface area contributed by atoms with Crippen LogP contribution in [0.4, 0.5) is 0 Å². The molecule has 19 heavy (non-hydrogen) atoms. The van der Waals surface area contributed by atoms with E-state index >= 15 is 0 Å². The predicted octanol–water partition coefficient (Wildman–Crippen LogP) is 3.17. The lowest BCUT2D eigenvalue weighted by Crippen LogP contribution is -2.38. The summed E-state index contributed by atoms with van der Waals surface area (Å²) in [6, 6.07) is 3.77. The molecule has 0 aliphatic heterocycles. The molecule has 2 N–H and O–H groups in total. The molecule has 0 aromatic heterocycles. The van der Waals surface area contributed by atoms with Gasteiger partial charge in [-0.3, -0.25) is 4.79 Å². The second-order valence-electron chi connectivity index (χ2n) is 5.94. The summed E-state index contributed by atoms with van der Waals surface area (Å²) in [4.78, 5) is 11.8. The first-order valence-corrected chi connectivity index (χ1v) is 7.22. The van der Waals surface area contributed by atoms with Crippen LogP contribution in [-0.4, -0.2) is 16.2 Å². The number of hydrogen-bond acceptors (Lipinski definition) is 2. The Kier molecular flexibility index (Phi) is 3.00. The number of phenols is 1. The van der Waals surface area contributed by atoms with Crippen LogP contribution in [0.2, 0.25) is 0 Å². The zero-order chi connectivity index (χ0) is 13.5. The van der Waals surface area contributed by atoms with Gasteiger partial charge in [-0.05, 0) is 49.3 Å². The average molecular weight is 260 g/mol. The highest BCUT2D eigenvalue weighted by atomic mass is 16.4. The number of aliphatic carboxylic acids is 1. The number of carboxylic acids is 1. The summed E-state index contributed by atoms with van der Waals surface area (Å²) in [5.41, 5.74) is 2.22. The molecule has 102 valence electrons. The van der Waals surface area contributed by atoms with Crippen molar-refractivity contribution >= 4 is 5.97 Å². The van der Waals surface area contributed by atoms with Gasteiger partial charge in [0.25, 0.3) is 0 Å². The van der Waals surface area contributed by atoms with Gasteiger partial charge >= 0.3 is 5.97 Å². The molecular formula is C16H20O3. The lowest BCUT2D eigenvalue weighted by molar-refractivity contribution is -0.145. The van der Waals surface area contributed by atoms with E-state index in [-0.39, 0.29) is 5.75 Å². The molecule has 1 fully saturated rings. The lowest BCUT2D eigenvalue weighted by Gasteiger charge is -2.34. The van der Waals surface area contributed by atoms with Crippen molar-refractivity contribution < 1.29 is 15.0 Å². The van der Waals surface area contributed by atoms with E-state index in [4.69, 9.17) is 0 Å². The van der Waals surface area contributed by atoms with Gasteiger partial charge in [0.1, 0.15) is 5.75 Å². The molecule has 0 bridgehead atoms. The van der Waals surface area contributed by atoms with E-state index in [1.807, 2.05) is 6.07 Å². The van der Waals surface area contributed by atoms with Gasteiger partial charge in [-0.1, -0.05) is 25.3 Å². The maximum Gasteiger partial charge on any atom is 0.314 e. The van der Waals surface area contributed by atoms with Crippen molar-refractivity contribution in [2.45, 2.75) is 56.8 Å².